The molecule has 1 saturated heterocycles. The van der Waals surface area contributed by atoms with Crippen molar-refractivity contribution < 1.29 is 0 Å². The molecule has 1 aromatic carbocycles. The Morgan fingerprint density at radius 3 is 2.84 bits per heavy atom. The first-order valence-corrected chi connectivity index (χ1v) is 9.33. The molecule has 1 aliphatic carbocycles. The molecule has 25 heavy (non-hydrogen) atoms. The van der Waals surface area contributed by atoms with Crippen molar-refractivity contribution in [3.05, 3.63) is 30.1 Å². The number of aryl methyl sites for hydroxylation is 1. The normalized spacial score (nSPS) is 28.2. The minimum absolute atomic E-state index is 0.395. The lowest BCUT2D eigenvalue weighted by molar-refractivity contribution is 0.136. The number of anilines is 1. The summed E-state index contributed by atoms with van der Waals surface area (Å²) in [6.45, 7) is 10.5. The third-order valence-electron chi connectivity index (χ3n) is 6.20. The Morgan fingerprint density at radius 2 is 2.00 bits per heavy atom. The summed E-state index contributed by atoms with van der Waals surface area (Å²) in [5.74, 6) is 1.09. The van der Waals surface area contributed by atoms with Crippen LogP contribution in [0.15, 0.2) is 24.5 Å². The minimum atomic E-state index is 0.395. The predicted octanol–water partition coefficient (Wildman–Crippen LogP) is 4.82. The van der Waals surface area contributed by atoms with Crippen molar-refractivity contribution in [3.8, 4) is 0 Å². The molecular weight excluding hydrogens is 308 g/mol. The van der Waals surface area contributed by atoms with Gasteiger partial charge in [-0.3, -0.25) is 0 Å². The van der Waals surface area contributed by atoms with Crippen molar-refractivity contribution in [3.63, 3.8) is 0 Å². The van der Waals surface area contributed by atoms with Crippen LogP contribution in [0.3, 0.4) is 0 Å². The molecule has 4 heteroatoms. The molecule has 2 fully saturated rings. The van der Waals surface area contributed by atoms with Gasteiger partial charge in [0.2, 0.25) is 0 Å². The molecule has 4 nitrogen and oxygen atoms in total. The van der Waals surface area contributed by atoms with Gasteiger partial charge in [-0.05, 0) is 48.6 Å². The molecule has 3 heterocycles. The lowest BCUT2D eigenvalue weighted by Crippen LogP contribution is -2.35. The lowest BCUT2D eigenvalue weighted by atomic mass is 9.65. The maximum Gasteiger partial charge on any atom is 0.156 e. The van der Waals surface area contributed by atoms with Crippen LogP contribution in [0.5, 0.6) is 0 Å². The summed E-state index contributed by atoms with van der Waals surface area (Å²) in [7, 11) is 0. The molecule has 1 aliphatic heterocycles. The zero-order valence-corrected chi connectivity index (χ0v) is 15.6. The molecular formula is C21H26N4. The van der Waals surface area contributed by atoms with Gasteiger partial charge in [0.1, 0.15) is 17.4 Å². The number of rotatable bonds is 1. The Morgan fingerprint density at radius 1 is 1.16 bits per heavy atom. The highest BCUT2D eigenvalue weighted by molar-refractivity contribution is 6.08. The topological polar surface area (TPSA) is 44.8 Å². The molecule has 1 N–H and O–H groups in total. The number of benzene rings is 1. The van der Waals surface area contributed by atoms with Crippen LogP contribution in [0.1, 0.15) is 45.6 Å². The second-order valence-corrected chi connectivity index (χ2v) is 9.44. The van der Waals surface area contributed by atoms with Gasteiger partial charge in [-0.25, -0.2) is 9.97 Å². The quantitative estimate of drug-likeness (QED) is 0.693. The van der Waals surface area contributed by atoms with Gasteiger partial charge in [0.15, 0.2) is 5.82 Å². The first-order valence-electron chi connectivity index (χ1n) is 9.33. The van der Waals surface area contributed by atoms with E-state index in [9.17, 15) is 0 Å². The highest BCUT2D eigenvalue weighted by Crippen LogP contribution is 2.53. The van der Waals surface area contributed by atoms with E-state index in [4.69, 9.17) is 4.98 Å². The maximum atomic E-state index is 4.73. The van der Waals surface area contributed by atoms with Gasteiger partial charge in [-0.2, -0.15) is 0 Å². The maximum absolute atomic E-state index is 4.73. The lowest BCUT2D eigenvalue weighted by Gasteiger charge is -2.39. The van der Waals surface area contributed by atoms with E-state index in [1.54, 1.807) is 6.33 Å². The van der Waals surface area contributed by atoms with Gasteiger partial charge in [0.05, 0.1) is 0 Å². The zero-order valence-electron chi connectivity index (χ0n) is 15.6. The van der Waals surface area contributed by atoms with E-state index in [2.05, 4.69) is 60.8 Å². The fourth-order valence-corrected chi connectivity index (χ4v) is 5.72. The summed E-state index contributed by atoms with van der Waals surface area (Å²) in [6.07, 6.45) is 5.56. The average Bonchev–Trinajstić information content (AvgIpc) is 2.99. The van der Waals surface area contributed by atoms with Crippen molar-refractivity contribution in [1.82, 2.24) is 15.0 Å². The van der Waals surface area contributed by atoms with Crippen molar-refractivity contribution in [2.75, 3.05) is 11.4 Å². The van der Waals surface area contributed by atoms with Crippen molar-refractivity contribution in [2.24, 2.45) is 10.8 Å². The fraction of sp³-hybridized carbons (Fsp3) is 0.524. The van der Waals surface area contributed by atoms with Crippen LogP contribution in [0.25, 0.3) is 21.9 Å². The van der Waals surface area contributed by atoms with Crippen LogP contribution in [0.4, 0.5) is 5.82 Å². The third-order valence-corrected chi connectivity index (χ3v) is 6.20. The van der Waals surface area contributed by atoms with Gasteiger partial charge >= 0.3 is 0 Å². The molecule has 0 spiro atoms. The number of nitrogens with one attached hydrogen (secondary N) is 1. The Kier molecular flexibility index (Phi) is 2.88. The van der Waals surface area contributed by atoms with Gasteiger partial charge in [0, 0.05) is 23.5 Å². The van der Waals surface area contributed by atoms with E-state index in [0.29, 0.717) is 16.9 Å². The van der Waals surface area contributed by atoms with E-state index in [1.165, 1.54) is 30.2 Å². The minimum Gasteiger partial charge on any atom is -0.351 e. The molecule has 5 rings (SSSR count). The Balaban J connectivity index is 1.67. The van der Waals surface area contributed by atoms with Gasteiger partial charge in [-0.15, -0.1) is 0 Å². The van der Waals surface area contributed by atoms with Crippen LogP contribution in [0, 0.1) is 17.8 Å². The number of fused-ring (bicyclic) bond motifs is 5. The number of aromatic nitrogens is 3. The second-order valence-electron chi connectivity index (χ2n) is 9.44. The first kappa shape index (κ1) is 15.2. The Labute approximate surface area is 148 Å². The fourth-order valence-electron chi connectivity index (χ4n) is 5.72. The summed E-state index contributed by atoms with van der Waals surface area (Å²) in [4.78, 5) is 15.5. The van der Waals surface area contributed by atoms with Crippen molar-refractivity contribution in [2.45, 2.75) is 53.0 Å². The van der Waals surface area contributed by atoms with Gasteiger partial charge in [-0.1, -0.05) is 32.9 Å². The number of hydrogen-bond donors (Lipinski definition) is 1. The highest BCUT2D eigenvalue weighted by atomic mass is 15.3. The monoisotopic (exact) mass is 334 g/mol. The molecule has 0 amide bonds. The summed E-state index contributed by atoms with van der Waals surface area (Å²) in [5, 5.41) is 1.19. The van der Waals surface area contributed by atoms with Crippen LogP contribution in [0.2, 0.25) is 0 Å². The molecule has 2 aliphatic rings. The van der Waals surface area contributed by atoms with E-state index in [-0.39, 0.29) is 0 Å². The molecule has 0 unspecified atom stereocenters. The highest BCUT2D eigenvalue weighted by Gasteiger charge is 2.50. The van der Waals surface area contributed by atoms with Crippen molar-refractivity contribution >= 4 is 27.8 Å². The summed E-state index contributed by atoms with van der Waals surface area (Å²) in [6, 6.07) is 7.12. The van der Waals surface area contributed by atoms with Crippen molar-refractivity contribution in [1.29, 1.82) is 0 Å². The summed E-state index contributed by atoms with van der Waals surface area (Å²) in [5.41, 5.74) is 5.37. The standard InChI is InChI=1S/C21H26N4/c1-13-5-6-15-16(7-13)24-18-17(15)22-12-23-19(18)25-11-21(4)9-14(25)8-20(2,3)10-21/h5-7,12,14,24H,8-11H2,1-4H3/t14-,21-/m1/s1. The predicted molar refractivity (Wildman–Crippen MR) is 103 cm³/mol. The number of H-pyrrole nitrogens is 1. The molecule has 1 saturated carbocycles. The van der Waals surface area contributed by atoms with E-state index in [0.717, 1.165) is 28.9 Å². The SMILES string of the molecule is Cc1ccc2c(c1)[nH]c1c(N3C[C@]4(C)C[C@H]3CC(C)(C)C4)ncnc12. The summed E-state index contributed by atoms with van der Waals surface area (Å²) >= 11 is 0. The van der Waals surface area contributed by atoms with Crippen LogP contribution < -0.4 is 4.90 Å². The molecule has 3 aromatic rings. The second kappa shape index (κ2) is 4.75. The Bertz CT molecular complexity index is 986. The van der Waals surface area contributed by atoms with E-state index in [1.807, 2.05) is 0 Å². The molecule has 2 atom stereocenters. The average molecular weight is 334 g/mol. The molecule has 2 aromatic heterocycles. The first-order chi connectivity index (χ1) is 11.8. The van der Waals surface area contributed by atoms with Crippen LogP contribution >= 0.6 is 0 Å². The molecule has 0 radical (unpaired) electrons. The van der Waals surface area contributed by atoms with Crippen LogP contribution in [-0.4, -0.2) is 27.5 Å². The van der Waals surface area contributed by atoms with Crippen LogP contribution in [-0.2, 0) is 0 Å². The number of nitrogens with zero attached hydrogens (tertiary/aromatic N) is 3. The van der Waals surface area contributed by atoms with E-state index >= 15 is 0 Å². The summed E-state index contributed by atoms with van der Waals surface area (Å²) < 4.78 is 0. The number of aromatic amines is 1. The van der Waals surface area contributed by atoms with E-state index < -0.39 is 0 Å². The largest absolute Gasteiger partial charge is 0.351 e. The Hall–Kier alpha value is -2.10. The third kappa shape index (κ3) is 2.26. The number of hydrogen-bond acceptors (Lipinski definition) is 3. The van der Waals surface area contributed by atoms with Gasteiger partial charge in [0.25, 0.3) is 0 Å². The van der Waals surface area contributed by atoms with Gasteiger partial charge < -0.3 is 9.88 Å². The molecule has 130 valence electrons. The zero-order chi connectivity index (χ0) is 17.4. The molecule has 2 bridgehead atoms. The smallest absolute Gasteiger partial charge is 0.156 e.